The summed E-state index contributed by atoms with van der Waals surface area (Å²) in [7, 11) is 3.02. The fraction of sp³-hybridized carbons (Fsp3) is 0.387. The summed E-state index contributed by atoms with van der Waals surface area (Å²) in [5, 5.41) is 23.8. The minimum absolute atomic E-state index is 0.0143. The lowest BCUT2D eigenvalue weighted by molar-refractivity contribution is -0.132. The van der Waals surface area contributed by atoms with Crippen LogP contribution >= 0.6 is 0 Å². The molecule has 2 aromatic carbocycles. The van der Waals surface area contributed by atoms with E-state index < -0.39 is 30.1 Å². The number of rotatable bonds is 11. The van der Waals surface area contributed by atoms with E-state index in [1.165, 1.54) is 24.2 Å². The minimum Gasteiger partial charge on any atom is -0.496 e. The van der Waals surface area contributed by atoms with Gasteiger partial charge in [0.1, 0.15) is 24.2 Å². The average Bonchev–Trinajstić information content (AvgIpc) is 3.36. The molecular weight excluding hydrogens is 528 g/mol. The Morgan fingerprint density at radius 1 is 1.12 bits per heavy atom. The van der Waals surface area contributed by atoms with Gasteiger partial charge in [-0.3, -0.25) is 14.4 Å². The summed E-state index contributed by atoms with van der Waals surface area (Å²) in [6, 6.07) is 9.71. The van der Waals surface area contributed by atoms with Gasteiger partial charge in [-0.05, 0) is 50.1 Å². The second kappa shape index (κ2) is 13.0. The summed E-state index contributed by atoms with van der Waals surface area (Å²) >= 11 is 0. The van der Waals surface area contributed by atoms with Crippen LogP contribution < -0.4 is 19.5 Å². The fourth-order valence-electron chi connectivity index (χ4n) is 5.45. The third-order valence-electron chi connectivity index (χ3n) is 7.28. The molecule has 1 aliphatic heterocycles. The Kier molecular flexibility index (Phi) is 9.46. The zero-order valence-electron chi connectivity index (χ0n) is 23.6. The molecule has 1 heterocycles. The highest BCUT2D eigenvalue weighted by Gasteiger charge is 2.51. The number of carbonyl (C=O) groups excluding carboxylic acids is 3. The molecule has 0 radical (unpaired) electrons. The molecule has 3 N–H and O–H groups in total. The first-order chi connectivity index (χ1) is 19.7. The molecule has 2 aliphatic rings. The fourth-order valence-corrected chi connectivity index (χ4v) is 5.45. The van der Waals surface area contributed by atoms with Crippen molar-refractivity contribution in [2.24, 2.45) is 0 Å². The van der Waals surface area contributed by atoms with Gasteiger partial charge in [-0.2, -0.15) is 0 Å². The standard InChI is InChI=1S/C31H36N2O8/c1-18(2)13-26(36)33(11-9-20-7-5-6-8-24(20)39-3)23-16-22(31(38)32-10-12-34)27-21-14-19(17-35)15-25(40-4)29(21)41-30(27)28(23)37/h5-8,13-17,23,27-28,30,34,37H,9-12H2,1-4H3,(H,32,38). The van der Waals surface area contributed by atoms with E-state index in [0.717, 1.165) is 11.1 Å². The molecule has 10 nitrogen and oxygen atoms in total. The largest absolute Gasteiger partial charge is 0.496 e. The second-order valence-electron chi connectivity index (χ2n) is 10.2. The van der Waals surface area contributed by atoms with E-state index in [4.69, 9.17) is 14.2 Å². The lowest BCUT2D eigenvalue weighted by Crippen LogP contribution is -2.56. The van der Waals surface area contributed by atoms with Crippen molar-refractivity contribution < 1.29 is 38.8 Å². The molecule has 4 unspecified atom stereocenters. The van der Waals surface area contributed by atoms with Gasteiger partial charge in [0.15, 0.2) is 11.5 Å². The van der Waals surface area contributed by atoms with Crippen molar-refractivity contribution in [3.8, 4) is 17.2 Å². The Bertz CT molecular complexity index is 1360. The first kappa shape index (κ1) is 29.8. The van der Waals surface area contributed by atoms with Crippen LogP contribution in [-0.4, -0.2) is 85.4 Å². The zero-order valence-corrected chi connectivity index (χ0v) is 23.6. The van der Waals surface area contributed by atoms with Crippen LogP contribution in [0.15, 0.2) is 59.7 Å². The Morgan fingerprint density at radius 2 is 1.85 bits per heavy atom. The van der Waals surface area contributed by atoms with Crippen molar-refractivity contribution in [1.82, 2.24) is 10.2 Å². The molecule has 10 heteroatoms. The highest BCUT2D eigenvalue weighted by molar-refractivity contribution is 5.97. The third-order valence-corrected chi connectivity index (χ3v) is 7.28. The first-order valence-electron chi connectivity index (χ1n) is 13.4. The average molecular weight is 565 g/mol. The number of para-hydroxylation sites is 1. The maximum atomic E-state index is 13.6. The number of methoxy groups -OCH3 is 2. The van der Waals surface area contributed by atoms with Gasteiger partial charge in [0.2, 0.25) is 11.8 Å². The molecular formula is C31H36N2O8. The molecule has 4 atom stereocenters. The molecule has 0 fully saturated rings. The van der Waals surface area contributed by atoms with E-state index in [0.29, 0.717) is 41.1 Å². The molecule has 2 aromatic rings. The van der Waals surface area contributed by atoms with Gasteiger partial charge in [0.05, 0.1) is 32.8 Å². The summed E-state index contributed by atoms with van der Waals surface area (Å²) in [4.78, 5) is 40.2. The molecule has 0 spiro atoms. The highest BCUT2D eigenvalue weighted by Crippen LogP contribution is 2.51. The SMILES string of the molecule is COc1ccccc1CCN(C(=O)C=C(C)C)C1C=C(C(=O)NCCO)C2c3cc(C=O)cc(OC)c3OC2C1O. The number of ether oxygens (including phenoxy) is 3. The van der Waals surface area contributed by atoms with Crippen molar-refractivity contribution in [2.75, 3.05) is 33.9 Å². The summed E-state index contributed by atoms with van der Waals surface area (Å²) in [5.41, 5.74) is 2.77. The Morgan fingerprint density at radius 3 is 2.51 bits per heavy atom. The van der Waals surface area contributed by atoms with Crippen LogP contribution in [0.2, 0.25) is 0 Å². The van der Waals surface area contributed by atoms with Gasteiger partial charge in [0.25, 0.3) is 0 Å². The van der Waals surface area contributed by atoms with Crippen LogP contribution in [0, 0.1) is 0 Å². The number of aliphatic hydroxyl groups excluding tert-OH is 2. The molecule has 1 aliphatic carbocycles. The van der Waals surface area contributed by atoms with Gasteiger partial charge in [0, 0.05) is 35.9 Å². The van der Waals surface area contributed by atoms with Crippen LogP contribution in [0.4, 0.5) is 0 Å². The number of hydrogen-bond donors (Lipinski definition) is 3. The van der Waals surface area contributed by atoms with E-state index in [2.05, 4.69) is 5.32 Å². The number of carbonyl (C=O) groups is 3. The monoisotopic (exact) mass is 564 g/mol. The number of hydrogen-bond acceptors (Lipinski definition) is 8. The Hall–Kier alpha value is -4.15. The van der Waals surface area contributed by atoms with E-state index in [9.17, 15) is 24.6 Å². The normalized spacial score (nSPS) is 20.5. The predicted molar refractivity (Wildman–Crippen MR) is 151 cm³/mol. The van der Waals surface area contributed by atoms with Crippen LogP contribution in [0.1, 0.15) is 41.3 Å². The van der Waals surface area contributed by atoms with E-state index >= 15 is 0 Å². The quantitative estimate of drug-likeness (QED) is 0.279. The Labute approximate surface area is 239 Å². The number of allylic oxidation sites excluding steroid dienone is 1. The van der Waals surface area contributed by atoms with Crippen molar-refractivity contribution in [3.63, 3.8) is 0 Å². The van der Waals surface area contributed by atoms with Crippen molar-refractivity contribution in [3.05, 3.63) is 76.4 Å². The molecule has 0 saturated heterocycles. The topological polar surface area (TPSA) is 135 Å². The van der Waals surface area contributed by atoms with Crippen LogP contribution in [-0.2, 0) is 16.0 Å². The highest BCUT2D eigenvalue weighted by atomic mass is 16.5. The van der Waals surface area contributed by atoms with Gasteiger partial charge < -0.3 is 34.6 Å². The Balaban J connectivity index is 1.80. The number of benzene rings is 2. The van der Waals surface area contributed by atoms with Gasteiger partial charge >= 0.3 is 0 Å². The number of amides is 2. The van der Waals surface area contributed by atoms with E-state index in [1.54, 1.807) is 33.1 Å². The summed E-state index contributed by atoms with van der Waals surface area (Å²) in [5.74, 6) is -0.240. The summed E-state index contributed by atoms with van der Waals surface area (Å²) in [6.07, 6.45) is 2.02. The number of fused-ring (bicyclic) bond motifs is 3. The molecule has 0 bridgehead atoms. The van der Waals surface area contributed by atoms with Crippen molar-refractivity contribution >= 4 is 18.1 Å². The second-order valence-corrected chi connectivity index (χ2v) is 10.2. The summed E-state index contributed by atoms with van der Waals surface area (Å²) in [6.45, 7) is 3.58. The van der Waals surface area contributed by atoms with Gasteiger partial charge in [-0.25, -0.2) is 0 Å². The third kappa shape index (κ3) is 6.13. The lowest BCUT2D eigenvalue weighted by atomic mass is 9.77. The molecule has 4 rings (SSSR count). The van der Waals surface area contributed by atoms with Crippen LogP contribution in [0.3, 0.4) is 0 Å². The first-order valence-corrected chi connectivity index (χ1v) is 13.4. The molecule has 218 valence electrons. The van der Waals surface area contributed by atoms with Gasteiger partial charge in [-0.15, -0.1) is 0 Å². The number of nitrogens with zero attached hydrogens (tertiary/aromatic N) is 1. The maximum Gasteiger partial charge on any atom is 0.247 e. The molecule has 0 aromatic heterocycles. The number of aliphatic hydroxyl groups is 2. The predicted octanol–water partition coefficient (Wildman–Crippen LogP) is 2.18. The van der Waals surface area contributed by atoms with E-state index in [1.807, 2.05) is 24.3 Å². The molecule has 41 heavy (non-hydrogen) atoms. The van der Waals surface area contributed by atoms with Crippen LogP contribution in [0.25, 0.3) is 0 Å². The lowest BCUT2D eigenvalue weighted by Gasteiger charge is -2.40. The van der Waals surface area contributed by atoms with Crippen molar-refractivity contribution in [1.29, 1.82) is 0 Å². The van der Waals surface area contributed by atoms with Crippen molar-refractivity contribution in [2.45, 2.75) is 44.4 Å². The smallest absolute Gasteiger partial charge is 0.247 e. The number of nitrogens with one attached hydrogen (secondary N) is 1. The van der Waals surface area contributed by atoms with E-state index in [-0.39, 0.29) is 31.2 Å². The number of aldehydes is 1. The van der Waals surface area contributed by atoms with Gasteiger partial charge in [-0.1, -0.05) is 23.8 Å². The maximum absolute atomic E-state index is 13.6. The van der Waals surface area contributed by atoms with Crippen LogP contribution in [0.5, 0.6) is 17.2 Å². The minimum atomic E-state index is -1.22. The zero-order chi connectivity index (χ0) is 29.7. The molecule has 0 saturated carbocycles. The molecule has 2 amide bonds. The summed E-state index contributed by atoms with van der Waals surface area (Å²) < 4.78 is 17.2.